The Bertz CT molecular complexity index is 1090. The van der Waals surface area contributed by atoms with Gasteiger partial charge in [-0.15, -0.1) is 0 Å². The summed E-state index contributed by atoms with van der Waals surface area (Å²) < 4.78 is 47.0. The SMILES string of the molecule is Cc1c(Cl)cccc1S(=O)(=O)Nc1ccc(Oc2ccc(F)cc2)c(Br)c1. The fraction of sp³-hybridized carbons (Fsp3) is 0.0526. The van der Waals surface area contributed by atoms with Crippen LogP contribution in [0.15, 0.2) is 70.0 Å². The first-order valence-corrected chi connectivity index (χ1v) is 10.4. The zero-order valence-electron chi connectivity index (χ0n) is 14.0. The van der Waals surface area contributed by atoms with E-state index in [0.29, 0.717) is 32.2 Å². The summed E-state index contributed by atoms with van der Waals surface area (Å²) in [7, 11) is -3.80. The summed E-state index contributed by atoms with van der Waals surface area (Å²) in [6.07, 6.45) is 0. The van der Waals surface area contributed by atoms with Crippen molar-refractivity contribution >= 4 is 43.2 Å². The third-order valence-corrected chi connectivity index (χ3v) is 6.29. The predicted molar refractivity (Wildman–Crippen MR) is 108 cm³/mol. The molecule has 0 fully saturated rings. The lowest BCUT2D eigenvalue weighted by Crippen LogP contribution is -2.14. The number of hydrogen-bond acceptors (Lipinski definition) is 3. The summed E-state index contributed by atoms with van der Waals surface area (Å²) in [4.78, 5) is 0.109. The number of rotatable bonds is 5. The van der Waals surface area contributed by atoms with Gasteiger partial charge in [-0.3, -0.25) is 4.72 Å². The van der Waals surface area contributed by atoms with Crippen LogP contribution >= 0.6 is 27.5 Å². The van der Waals surface area contributed by atoms with Gasteiger partial charge in [0.25, 0.3) is 10.0 Å². The van der Waals surface area contributed by atoms with E-state index in [-0.39, 0.29) is 10.7 Å². The van der Waals surface area contributed by atoms with Gasteiger partial charge in [-0.25, -0.2) is 12.8 Å². The molecule has 0 saturated heterocycles. The van der Waals surface area contributed by atoms with Crippen LogP contribution in [-0.2, 0) is 10.0 Å². The number of ether oxygens (including phenoxy) is 1. The topological polar surface area (TPSA) is 55.4 Å². The minimum Gasteiger partial charge on any atom is -0.456 e. The van der Waals surface area contributed by atoms with Crippen LogP contribution in [0.5, 0.6) is 11.5 Å². The molecule has 4 nitrogen and oxygen atoms in total. The lowest BCUT2D eigenvalue weighted by atomic mass is 10.2. The Balaban J connectivity index is 1.83. The zero-order chi connectivity index (χ0) is 19.6. The van der Waals surface area contributed by atoms with Gasteiger partial charge in [-0.1, -0.05) is 17.7 Å². The molecule has 3 rings (SSSR count). The standard InChI is InChI=1S/C19H14BrClFNO3S/c1-12-17(21)3-2-4-19(12)27(24,25)23-14-7-10-18(16(20)11-14)26-15-8-5-13(22)6-9-15/h2-11,23H,1H3. The largest absolute Gasteiger partial charge is 0.456 e. The smallest absolute Gasteiger partial charge is 0.262 e. The van der Waals surface area contributed by atoms with Crippen molar-refractivity contribution in [1.82, 2.24) is 0 Å². The predicted octanol–water partition coefficient (Wildman–Crippen LogP) is 6.14. The maximum Gasteiger partial charge on any atom is 0.262 e. The van der Waals surface area contributed by atoms with Crippen molar-refractivity contribution in [3.05, 3.63) is 81.5 Å². The first-order chi connectivity index (χ1) is 12.8. The molecule has 0 bridgehead atoms. The van der Waals surface area contributed by atoms with Crippen LogP contribution in [0, 0.1) is 12.7 Å². The minimum absolute atomic E-state index is 0.109. The van der Waals surface area contributed by atoms with Gasteiger partial charge in [0.1, 0.15) is 17.3 Å². The lowest BCUT2D eigenvalue weighted by Gasteiger charge is -2.13. The van der Waals surface area contributed by atoms with E-state index in [1.54, 1.807) is 37.3 Å². The Morgan fingerprint density at radius 3 is 2.44 bits per heavy atom. The fourth-order valence-corrected chi connectivity index (χ4v) is 4.37. The van der Waals surface area contributed by atoms with Crippen molar-refractivity contribution in [2.45, 2.75) is 11.8 Å². The highest BCUT2D eigenvalue weighted by Crippen LogP contribution is 2.33. The normalized spacial score (nSPS) is 11.3. The molecule has 0 aliphatic rings. The lowest BCUT2D eigenvalue weighted by molar-refractivity contribution is 0.477. The first-order valence-electron chi connectivity index (χ1n) is 7.77. The van der Waals surface area contributed by atoms with E-state index >= 15 is 0 Å². The van der Waals surface area contributed by atoms with Gasteiger partial charge in [0.15, 0.2) is 0 Å². The van der Waals surface area contributed by atoms with E-state index in [1.807, 2.05) is 0 Å². The summed E-state index contributed by atoms with van der Waals surface area (Å²) in [5.74, 6) is 0.561. The molecule has 0 radical (unpaired) electrons. The van der Waals surface area contributed by atoms with Crippen molar-refractivity contribution in [3.63, 3.8) is 0 Å². The van der Waals surface area contributed by atoms with Crippen LogP contribution in [0.1, 0.15) is 5.56 Å². The second-order valence-electron chi connectivity index (χ2n) is 5.67. The molecule has 0 heterocycles. The van der Waals surface area contributed by atoms with Crippen LogP contribution in [0.25, 0.3) is 0 Å². The molecule has 0 saturated carbocycles. The van der Waals surface area contributed by atoms with Crippen LogP contribution in [0.3, 0.4) is 0 Å². The van der Waals surface area contributed by atoms with Crippen molar-refractivity contribution in [2.75, 3.05) is 4.72 Å². The number of hydrogen-bond donors (Lipinski definition) is 1. The molecule has 8 heteroatoms. The van der Waals surface area contributed by atoms with Crippen molar-refractivity contribution < 1.29 is 17.5 Å². The van der Waals surface area contributed by atoms with E-state index in [2.05, 4.69) is 20.7 Å². The molecule has 0 unspecified atom stereocenters. The second-order valence-corrected chi connectivity index (χ2v) is 8.58. The van der Waals surface area contributed by atoms with Gasteiger partial charge < -0.3 is 4.74 Å². The molecular weight excluding hydrogens is 457 g/mol. The van der Waals surface area contributed by atoms with E-state index < -0.39 is 10.0 Å². The monoisotopic (exact) mass is 469 g/mol. The number of benzene rings is 3. The van der Waals surface area contributed by atoms with Gasteiger partial charge in [0.05, 0.1) is 15.1 Å². The summed E-state index contributed by atoms with van der Waals surface area (Å²) in [6, 6.07) is 15.0. The molecule has 1 N–H and O–H groups in total. The number of sulfonamides is 1. The zero-order valence-corrected chi connectivity index (χ0v) is 17.2. The van der Waals surface area contributed by atoms with Gasteiger partial charge in [0.2, 0.25) is 0 Å². The highest BCUT2D eigenvalue weighted by molar-refractivity contribution is 9.10. The van der Waals surface area contributed by atoms with Crippen LogP contribution in [-0.4, -0.2) is 8.42 Å². The Hall–Kier alpha value is -2.09. The van der Waals surface area contributed by atoms with Crippen LogP contribution in [0.2, 0.25) is 5.02 Å². The molecule has 0 amide bonds. The van der Waals surface area contributed by atoms with E-state index in [4.69, 9.17) is 16.3 Å². The molecule has 3 aromatic rings. The maximum atomic E-state index is 13.0. The number of halogens is 3. The molecular formula is C19H14BrClFNO3S. The maximum absolute atomic E-state index is 13.0. The van der Waals surface area contributed by atoms with E-state index in [0.717, 1.165) is 0 Å². The highest BCUT2D eigenvalue weighted by atomic mass is 79.9. The van der Waals surface area contributed by atoms with Gasteiger partial charge >= 0.3 is 0 Å². The van der Waals surface area contributed by atoms with E-state index in [9.17, 15) is 12.8 Å². The van der Waals surface area contributed by atoms with Gasteiger partial charge in [-0.05, 0) is 83.0 Å². The molecule has 0 atom stereocenters. The quantitative estimate of drug-likeness (QED) is 0.487. The molecule has 140 valence electrons. The van der Waals surface area contributed by atoms with Crippen molar-refractivity contribution in [3.8, 4) is 11.5 Å². The van der Waals surface area contributed by atoms with Gasteiger partial charge in [-0.2, -0.15) is 0 Å². The minimum atomic E-state index is -3.80. The van der Waals surface area contributed by atoms with Crippen molar-refractivity contribution in [2.24, 2.45) is 0 Å². The van der Waals surface area contributed by atoms with Crippen LogP contribution < -0.4 is 9.46 Å². The molecule has 0 spiro atoms. The Morgan fingerprint density at radius 2 is 1.78 bits per heavy atom. The third-order valence-electron chi connectivity index (χ3n) is 3.73. The van der Waals surface area contributed by atoms with Crippen molar-refractivity contribution in [1.29, 1.82) is 0 Å². The molecule has 0 aliphatic heterocycles. The van der Waals surface area contributed by atoms with E-state index in [1.165, 1.54) is 30.3 Å². The fourth-order valence-electron chi connectivity index (χ4n) is 2.37. The summed E-state index contributed by atoms with van der Waals surface area (Å²) in [5, 5.41) is 0.377. The molecule has 3 aromatic carbocycles. The highest BCUT2D eigenvalue weighted by Gasteiger charge is 2.18. The first kappa shape index (κ1) is 19.7. The Kier molecular flexibility index (Phi) is 5.74. The average Bonchev–Trinajstić information content (AvgIpc) is 2.61. The summed E-state index contributed by atoms with van der Waals surface area (Å²) in [6.45, 7) is 1.65. The summed E-state index contributed by atoms with van der Waals surface area (Å²) >= 11 is 9.37. The third kappa shape index (κ3) is 4.61. The van der Waals surface area contributed by atoms with Crippen LogP contribution in [0.4, 0.5) is 10.1 Å². The number of nitrogens with one attached hydrogen (secondary N) is 1. The Labute approximate surface area is 170 Å². The molecule has 0 aliphatic carbocycles. The molecule has 27 heavy (non-hydrogen) atoms. The number of anilines is 1. The average molecular weight is 471 g/mol. The van der Waals surface area contributed by atoms with Gasteiger partial charge in [0, 0.05) is 5.02 Å². The summed E-state index contributed by atoms with van der Waals surface area (Å²) in [5.41, 5.74) is 0.828. The molecule has 0 aromatic heterocycles. The second kappa shape index (κ2) is 7.88. The Morgan fingerprint density at radius 1 is 1.07 bits per heavy atom.